The molecule has 0 aromatic heterocycles. The van der Waals surface area contributed by atoms with Crippen molar-refractivity contribution in [3.8, 4) is 5.75 Å². The van der Waals surface area contributed by atoms with E-state index in [1.807, 2.05) is 13.0 Å². The van der Waals surface area contributed by atoms with Crippen molar-refractivity contribution in [1.29, 1.82) is 0 Å². The lowest BCUT2D eigenvalue weighted by atomic mass is 9.60. The molecule has 0 radical (unpaired) electrons. The van der Waals surface area contributed by atoms with Gasteiger partial charge in [0.15, 0.2) is 0 Å². The van der Waals surface area contributed by atoms with Crippen LogP contribution in [0.4, 0.5) is 0 Å². The number of benzene rings is 1. The summed E-state index contributed by atoms with van der Waals surface area (Å²) in [7, 11) is -4.85. The molecule has 2 fully saturated rings. The molecule has 0 unspecified atom stereocenters. The van der Waals surface area contributed by atoms with Crippen molar-refractivity contribution < 1.29 is 27.4 Å². The molecule has 0 saturated heterocycles. The fourth-order valence-corrected chi connectivity index (χ4v) is 4.65. The zero-order chi connectivity index (χ0) is 20.6. The quantitative estimate of drug-likeness (QED) is 0.653. The zero-order valence-electron chi connectivity index (χ0n) is 17.1. The molecular formula is C18H20O5S. The van der Waals surface area contributed by atoms with E-state index in [0.29, 0.717) is 24.8 Å². The number of fused-ring (bicyclic) bond motifs is 5. The molecule has 1 aromatic rings. The minimum atomic E-state index is -4.85. The minimum Gasteiger partial charge on any atom is -0.362 e. The van der Waals surface area contributed by atoms with Crippen LogP contribution in [0.15, 0.2) is 29.8 Å². The van der Waals surface area contributed by atoms with Gasteiger partial charge in [-0.1, -0.05) is 24.6 Å². The smallest absolute Gasteiger partial charge is 0.362 e. The summed E-state index contributed by atoms with van der Waals surface area (Å²) >= 11 is 0. The summed E-state index contributed by atoms with van der Waals surface area (Å²) < 4.78 is 67.9. The van der Waals surface area contributed by atoms with E-state index in [4.69, 9.17) is 10.0 Å². The molecule has 4 rings (SSSR count). The molecule has 1 N–H and O–H groups in total. The van der Waals surface area contributed by atoms with Crippen molar-refractivity contribution >= 4 is 16.2 Å². The lowest BCUT2D eigenvalue weighted by molar-refractivity contribution is -0.126. The predicted molar refractivity (Wildman–Crippen MR) is 88.2 cm³/mol. The number of rotatable bonds is 2. The summed E-state index contributed by atoms with van der Waals surface area (Å²) in [5, 5.41) is 0. The van der Waals surface area contributed by atoms with Crippen LogP contribution in [0.25, 0.3) is 0 Å². The van der Waals surface area contributed by atoms with Gasteiger partial charge in [-0.2, -0.15) is 8.42 Å². The second kappa shape index (κ2) is 5.17. The molecule has 3 atom stereocenters. The maximum absolute atomic E-state index is 12.6. The first kappa shape index (κ1) is 11.8. The van der Waals surface area contributed by atoms with Gasteiger partial charge in [0.1, 0.15) is 11.5 Å². The third kappa shape index (κ3) is 2.40. The molecule has 1 aromatic carbocycles. The fraction of sp³-hybridized carbons (Fsp3) is 0.500. The molecule has 0 amide bonds. The lowest BCUT2D eigenvalue weighted by Crippen LogP contribution is -2.37. The first-order valence-electron chi connectivity index (χ1n) is 9.90. The highest BCUT2D eigenvalue weighted by molar-refractivity contribution is 7.81. The molecule has 3 aliphatic carbocycles. The van der Waals surface area contributed by atoms with Gasteiger partial charge in [0.2, 0.25) is 0 Å². The summed E-state index contributed by atoms with van der Waals surface area (Å²) in [6.45, 7) is 1.83. The SMILES string of the molecule is [2H]c1cc2c(c([2H])c1OS(=O)(=O)O)CC=C1[C@H]2CC[C@@]2(C)C(=O)C([2H])([2H])C[C@H]12. The Balaban J connectivity index is 1.78. The average Bonchev–Trinajstić information content (AvgIpc) is 2.77. The van der Waals surface area contributed by atoms with E-state index in [0.717, 1.165) is 11.1 Å². The van der Waals surface area contributed by atoms with E-state index < -0.39 is 27.9 Å². The molecule has 0 aliphatic heterocycles. The second-order valence-corrected chi connectivity index (χ2v) is 7.89. The van der Waals surface area contributed by atoms with Gasteiger partial charge < -0.3 is 4.18 Å². The molecule has 6 heteroatoms. The lowest BCUT2D eigenvalue weighted by Gasteiger charge is -2.43. The van der Waals surface area contributed by atoms with E-state index >= 15 is 0 Å². The monoisotopic (exact) mass is 352 g/mol. The number of ketones is 1. The van der Waals surface area contributed by atoms with Gasteiger partial charge in [-0.15, -0.1) is 0 Å². The van der Waals surface area contributed by atoms with Crippen LogP contribution in [-0.4, -0.2) is 18.8 Å². The summed E-state index contributed by atoms with van der Waals surface area (Å²) in [5.41, 5.74) is 1.47. The Labute approximate surface area is 147 Å². The number of carbonyl (C=O) groups excluding carboxylic acids is 1. The average molecular weight is 352 g/mol. The van der Waals surface area contributed by atoms with Gasteiger partial charge in [-0.05, 0) is 54.8 Å². The number of carbonyl (C=O) groups is 1. The van der Waals surface area contributed by atoms with Crippen molar-refractivity contribution in [2.75, 3.05) is 0 Å². The van der Waals surface area contributed by atoms with Gasteiger partial charge in [-0.3, -0.25) is 9.35 Å². The standard InChI is InChI=1S/C18H20O5S/c1-18-9-8-14-13-5-3-12(23-24(20,21)22)10-11(13)2-4-15(14)16(18)6-7-17(18)19/h3-5,10,14,16H,2,6-9H2,1H3,(H,20,21,22)/t14-,16+,18+/m0/s1/i3D,7D2,10D. The Morgan fingerprint density at radius 1 is 1.46 bits per heavy atom. The normalized spacial score (nSPS) is 36.2. The number of allylic oxidation sites excluding steroid dienone is 2. The van der Waals surface area contributed by atoms with Gasteiger partial charge in [0.05, 0.1) is 2.74 Å². The van der Waals surface area contributed by atoms with Crippen LogP contribution in [0.2, 0.25) is 0 Å². The maximum atomic E-state index is 12.6. The van der Waals surface area contributed by atoms with Crippen molar-refractivity contribution in [2.45, 2.75) is 44.9 Å². The Hall–Kier alpha value is -1.66. The highest BCUT2D eigenvalue weighted by Gasteiger charge is 2.52. The molecule has 0 spiro atoms. The predicted octanol–water partition coefficient (Wildman–Crippen LogP) is 3.21. The zero-order valence-corrected chi connectivity index (χ0v) is 13.9. The highest BCUT2D eigenvalue weighted by Crippen LogP contribution is 2.57. The molecular weight excluding hydrogens is 328 g/mol. The third-order valence-corrected chi connectivity index (χ3v) is 5.97. The molecule has 2 saturated carbocycles. The van der Waals surface area contributed by atoms with Crippen molar-refractivity contribution in [2.24, 2.45) is 11.3 Å². The maximum Gasteiger partial charge on any atom is 0.446 e. The molecule has 128 valence electrons. The number of hydrogen-bond donors (Lipinski definition) is 1. The topological polar surface area (TPSA) is 80.7 Å². The third-order valence-electron chi connectivity index (χ3n) is 5.59. The van der Waals surface area contributed by atoms with Gasteiger partial charge >= 0.3 is 10.4 Å². The minimum absolute atomic E-state index is 0.130. The van der Waals surface area contributed by atoms with Crippen LogP contribution in [0.5, 0.6) is 5.75 Å². The Bertz CT molecular complexity index is 1030. The van der Waals surface area contributed by atoms with E-state index in [1.165, 1.54) is 6.07 Å². The Morgan fingerprint density at radius 2 is 2.25 bits per heavy atom. The van der Waals surface area contributed by atoms with Crippen molar-refractivity contribution in [3.63, 3.8) is 0 Å². The summed E-state index contributed by atoms with van der Waals surface area (Å²) in [5.74, 6) is -1.23. The van der Waals surface area contributed by atoms with Crippen LogP contribution in [0, 0.1) is 11.3 Å². The van der Waals surface area contributed by atoms with Crippen LogP contribution >= 0.6 is 0 Å². The first-order valence-corrected chi connectivity index (χ1v) is 9.26. The van der Waals surface area contributed by atoms with Crippen LogP contribution < -0.4 is 4.18 Å². The second-order valence-electron chi connectivity index (χ2n) is 6.87. The van der Waals surface area contributed by atoms with Gasteiger partial charge in [0, 0.05) is 20.4 Å². The van der Waals surface area contributed by atoms with Gasteiger partial charge in [0.25, 0.3) is 0 Å². The summed E-state index contributed by atoms with van der Waals surface area (Å²) in [6.07, 6.45) is 1.58. The summed E-state index contributed by atoms with van der Waals surface area (Å²) in [6, 6.07) is 0.898. The number of Topliss-reactive ketones (excluding diaryl/α,β-unsaturated/α-hetero) is 1. The highest BCUT2D eigenvalue weighted by atomic mass is 32.3. The van der Waals surface area contributed by atoms with Crippen LogP contribution in [-0.2, 0) is 21.6 Å². The Kier molecular flexibility index (Phi) is 2.54. The molecule has 0 heterocycles. The van der Waals surface area contributed by atoms with Gasteiger partial charge in [-0.25, -0.2) is 0 Å². The first-order chi connectivity index (χ1) is 12.8. The molecule has 3 aliphatic rings. The van der Waals surface area contributed by atoms with Crippen molar-refractivity contribution in [1.82, 2.24) is 0 Å². The van der Waals surface area contributed by atoms with Crippen LogP contribution in [0.1, 0.15) is 55.1 Å². The number of hydrogen-bond acceptors (Lipinski definition) is 4. The molecule has 0 bridgehead atoms. The van der Waals surface area contributed by atoms with Crippen LogP contribution in [0.3, 0.4) is 0 Å². The molecule has 5 nitrogen and oxygen atoms in total. The van der Waals surface area contributed by atoms with Crippen molar-refractivity contribution in [3.05, 3.63) is 40.9 Å². The molecule has 24 heavy (non-hydrogen) atoms. The van der Waals surface area contributed by atoms with E-state index in [-0.39, 0.29) is 36.1 Å². The Morgan fingerprint density at radius 3 is 3.00 bits per heavy atom. The van der Waals surface area contributed by atoms with E-state index in [1.54, 1.807) is 0 Å². The van der Waals surface area contributed by atoms with E-state index in [9.17, 15) is 13.2 Å². The van der Waals surface area contributed by atoms with E-state index in [2.05, 4.69) is 4.18 Å². The largest absolute Gasteiger partial charge is 0.446 e. The fourth-order valence-electron chi connectivity index (χ4n) is 4.35. The summed E-state index contributed by atoms with van der Waals surface area (Å²) in [4.78, 5) is 12.6.